The van der Waals surface area contributed by atoms with Gasteiger partial charge >= 0.3 is 0 Å². The molecule has 8 heteroatoms. The van der Waals surface area contributed by atoms with Gasteiger partial charge in [0.2, 0.25) is 0 Å². The Bertz CT molecular complexity index is 571. The molecule has 0 amide bonds. The molecule has 0 aliphatic carbocycles. The van der Waals surface area contributed by atoms with Crippen LogP contribution in [-0.2, 0) is 13.6 Å². The predicted molar refractivity (Wildman–Crippen MR) is 81.6 cm³/mol. The highest BCUT2D eigenvalue weighted by Crippen LogP contribution is 2.32. The molecule has 108 valence electrons. The van der Waals surface area contributed by atoms with Crippen LogP contribution >= 0.6 is 35.0 Å². The standard InChI is InChI=1S/C12H14Cl2N4OS/c1-18-10(7-15)16-17-12(18)20-6-5-19-11-8(13)3-2-4-9(11)14/h2-4H,5-7,15H2,1H3. The van der Waals surface area contributed by atoms with Crippen LogP contribution in [-0.4, -0.2) is 27.1 Å². The van der Waals surface area contributed by atoms with Gasteiger partial charge in [0.15, 0.2) is 10.9 Å². The lowest BCUT2D eigenvalue weighted by atomic mass is 10.3. The van der Waals surface area contributed by atoms with Crippen LogP contribution in [0.2, 0.25) is 10.0 Å². The van der Waals surface area contributed by atoms with Crippen molar-refractivity contribution < 1.29 is 4.74 Å². The third-order valence-electron chi connectivity index (χ3n) is 2.59. The molecule has 0 aliphatic rings. The van der Waals surface area contributed by atoms with Crippen molar-refractivity contribution in [3.63, 3.8) is 0 Å². The summed E-state index contributed by atoms with van der Waals surface area (Å²) in [5.74, 6) is 1.97. The fourth-order valence-corrected chi connectivity index (χ4v) is 2.80. The molecule has 0 spiro atoms. The van der Waals surface area contributed by atoms with E-state index in [4.69, 9.17) is 33.7 Å². The first-order valence-electron chi connectivity index (χ1n) is 5.91. The Morgan fingerprint density at radius 2 is 2.00 bits per heavy atom. The van der Waals surface area contributed by atoms with Crippen LogP contribution in [0.1, 0.15) is 5.82 Å². The topological polar surface area (TPSA) is 66.0 Å². The van der Waals surface area contributed by atoms with Crippen molar-refractivity contribution in [2.24, 2.45) is 12.8 Å². The fraction of sp³-hybridized carbons (Fsp3) is 0.333. The molecule has 0 unspecified atom stereocenters. The van der Waals surface area contributed by atoms with Gasteiger partial charge in [0, 0.05) is 12.8 Å². The van der Waals surface area contributed by atoms with Gasteiger partial charge in [0.05, 0.1) is 23.2 Å². The Hall–Kier alpha value is -0.950. The number of aromatic nitrogens is 3. The highest BCUT2D eigenvalue weighted by atomic mass is 35.5. The third kappa shape index (κ3) is 3.58. The quantitative estimate of drug-likeness (QED) is 0.650. The smallest absolute Gasteiger partial charge is 0.191 e. The monoisotopic (exact) mass is 332 g/mol. The summed E-state index contributed by atoms with van der Waals surface area (Å²) in [6.45, 7) is 0.842. The van der Waals surface area contributed by atoms with Gasteiger partial charge in [-0.15, -0.1) is 10.2 Å². The average Bonchev–Trinajstić information content (AvgIpc) is 2.78. The average molecular weight is 333 g/mol. The van der Waals surface area contributed by atoms with Crippen LogP contribution in [0, 0.1) is 0 Å². The predicted octanol–water partition coefficient (Wildman–Crippen LogP) is 2.75. The second-order valence-corrected chi connectivity index (χ2v) is 5.79. The molecule has 1 heterocycles. The van der Waals surface area contributed by atoms with E-state index >= 15 is 0 Å². The van der Waals surface area contributed by atoms with Gasteiger partial charge in [0.25, 0.3) is 0 Å². The van der Waals surface area contributed by atoms with Crippen molar-refractivity contribution in [1.29, 1.82) is 0 Å². The number of nitrogens with zero attached hydrogens (tertiary/aromatic N) is 3. The SMILES string of the molecule is Cn1c(CN)nnc1SCCOc1c(Cl)cccc1Cl. The molecular weight excluding hydrogens is 319 g/mol. The van der Waals surface area contributed by atoms with Crippen molar-refractivity contribution in [2.75, 3.05) is 12.4 Å². The minimum absolute atomic E-state index is 0.371. The largest absolute Gasteiger partial charge is 0.490 e. The normalized spacial score (nSPS) is 10.8. The first-order chi connectivity index (χ1) is 9.63. The number of nitrogens with two attached hydrogens (primary N) is 1. The lowest BCUT2D eigenvalue weighted by Gasteiger charge is -2.09. The van der Waals surface area contributed by atoms with Crippen molar-refractivity contribution in [2.45, 2.75) is 11.7 Å². The van der Waals surface area contributed by atoms with E-state index in [1.54, 1.807) is 18.2 Å². The molecule has 0 atom stereocenters. The lowest BCUT2D eigenvalue weighted by molar-refractivity contribution is 0.344. The molecule has 20 heavy (non-hydrogen) atoms. The van der Waals surface area contributed by atoms with Gasteiger partial charge in [-0.1, -0.05) is 41.0 Å². The summed E-state index contributed by atoms with van der Waals surface area (Å²) in [5.41, 5.74) is 5.54. The molecule has 0 radical (unpaired) electrons. The summed E-state index contributed by atoms with van der Waals surface area (Å²) in [6, 6.07) is 5.26. The number of rotatable bonds is 6. The maximum Gasteiger partial charge on any atom is 0.191 e. The van der Waals surface area contributed by atoms with Crippen LogP contribution < -0.4 is 10.5 Å². The fourth-order valence-electron chi connectivity index (χ4n) is 1.55. The van der Waals surface area contributed by atoms with Gasteiger partial charge in [-0.3, -0.25) is 0 Å². The Kier molecular flexibility index (Phi) is 5.54. The van der Waals surface area contributed by atoms with Gasteiger partial charge in [0.1, 0.15) is 5.82 Å². The summed E-state index contributed by atoms with van der Waals surface area (Å²) < 4.78 is 7.46. The molecule has 1 aromatic heterocycles. The Balaban J connectivity index is 1.86. The second kappa shape index (κ2) is 7.17. The zero-order chi connectivity index (χ0) is 14.5. The number of thioether (sulfide) groups is 1. The van der Waals surface area contributed by atoms with Gasteiger partial charge < -0.3 is 15.0 Å². The summed E-state index contributed by atoms with van der Waals surface area (Å²) in [5, 5.41) is 9.85. The van der Waals surface area contributed by atoms with E-state index in [9.17, 15) is 0 Å². The molecule has 0 fully saturated rings. The number of hydrogen-bond donors (Lipinski definition) is 1. The lowest BCUT2D eigenvalue weighted by Crippen LogP contribution is -2.06. The molecule has 2 rings (SSSR count). The van der Waals surface area contributed by atoms with Crippen LogP contribution in [0.4, 0.5) is 0 Å². The van der Waals surface area contributed by atoms with E-state index in [0.29, 0.717) is 34.7 Å². The van der Waals surface area contributed by atoms with Crippen LogP contribution in [0.3, 0.4) is 0 Å². The Morgan fingerprint density at radius 1 is 1.30 bits per heavy atom. The highest BCUT2D eigenvalue weighted by Gasteiger charge is 2.09. The number of halogens is 2. The van der Waals surface area contributed by atoms with E-state index < -0.39 is 0 Å². The maximum atomic E-state index is 6.02. The zero-order valence-electron chi connectivity index (χ0n) is 10.8. The van der Waals surface area contributed by atoms with E-state index in [1.165, 1.54) is 11.8 Å². The highest BCUT2D eigenvalue weighted by molar-refractivity contribution is 7.99. The second-order valence-electron chi connectivity index (χ2n) is 3.91. The number of benzene rings is 1. The Morgan fingerprint density at radius 3 is 2.60 bits per heavy atom. The zero-order valence-corrected chi connectivity index (χ0v) is 13.2. The first-order valence-corrected chi connectivity index (χ1v) is 7.65. The van der Waals surface area contributed by atoms with Gasteiger partial charge in [-0.2, -0.15) is 0 Å². The molecule has 0 bridgehead atoms. The van der Waals surface area contributed by atoms with Gasteiger partial charge in [-0.05, 0) is 12.1 Å². The van der Waals surface area contributed by atoms with E-state index in [-0.39, 0.29) is 0 Å². The number of hydrogen-bond acceptors (Lipinski definition) is 5. The minimum Gasteiger partial charge on any atom is -0.490 e. The van der Waals surface area contributed by atoms with Crippen LogP contribution in [0.15, 0.2) is 23.4 Å². The number of ether oxygens (including phenoxy) is 1. The summed E-state index contributed by atoms with van der Waals surface area (Å²) in [4.78, 5) is 0. The Labute approximate surface area is 131 Å². The van der Waals surface area contributed by atoms with Crippen LogP contribution in [0.5, 0.6) is 5.75 Å². The number of para-hydroxylation sites is 1. The maximum absolute atomic E-state index is 6.02. The van der Waals surface area contributed by atoms with Crippen molar-refractivity contribution >= 4 is 35.0 Å². The van der Waals surface area contributed by atoms with Crippen molar-refractivity contribution in [3.8, 4) is 5.75 Å². The van der Waals surface area contributed by atoms with Crippen LogP contribution in [0.25, 0.3) is 0 Å². The van der Waals surface area contributed by atoms with Crippen molar-refractivity contribution in [3.05, 3.63) is 34.1 Å². The molecule has 1 aromatic carbocycles. The molecule has 0 saturated heterocycles. The van der Waals surface area contributed by atoms with E-state index in [1.807, 2.05) is 11.6 Å². The van der Waals surface area contributed by atoms with Crippen molar-refractivity contribution in [1.82, 2.24) is 14.8 Å². The molecule has 2 aromatic rings. The summed E-state index contributed by atoms with van der Waals surface area (Å²) in [7, 11) is 1.89. The molecular formula is C12H14Cl2N4OS. The first kappa shape index (κ1) is 15.4. The third-order valence-corrected chi connectivity index (χ3v) is 4.17. The minimum atomic E-state index is 0.371. The van der Waals surface area contributed by atoms with E-state index in [0.717, 1.165) is 11.0 Å². The summed E-state index contributed by atoms with van der Waals surface area (Å²) >= 11 is 13.6. The van der Waals surface area contributed by atoms with Gasteiger partial charge in [-0.25, -0.2) is 0 Å². The molecule has 0 saturated carbocycles. The molecule has 5 nitrogen and oxygen atoms in total. The molecule has 0 aliphatic heterocycles. The molecule has 2 N–H and O–H groups in total. The van der Waals surface area contributed by atoms with E-state index in [2.05, 4.69) is 10.2 Å². The summed E-state index contributed by atoms with van der Waals surface area (Å²) in [6.07, 6.45) is 0.